The van der Waals surface area contributed by atoms with Crippen LogP contribution in [0.3, 0.4) is 0 Å². The number of anilines is 1. The molecule has 11 heteroatoms. The second-order valence-electron chi connectivity index (χ2n) is 6.44. The predicted molar refractivity (Wildman–Crippen MR) is 110 cm³/mol. The second-order valence-corrected chi connectivity index (χ2v) is 6.44. The number of nitro benzene ring substituents is 1. The van der Waals surface area contributed by atoms with Crippen LogP contribution in [-0.4, -0.2) is 36.0 Å². The van der Waals surface area contributed by atoms with Gasteiger partial charge in [-0.1, -0.05) is 0 Å². The largest absolute Gasteiger partial charge is 0.865 e. The maximum absolute atomic E-state index is 13.0. The molecule has 2 aromatic carbocycles. The van der Waals surface area contributed by atoms with Crippen LogP contribution in [0.5, 0.6) is 17.2 Å². The van der Waals surface area contributed by atoms with Gasteiger partial charge < -0.3 is 14.6 Å². The van der Waals surface area contributed by atoms with Gasteiger partial charge in [-0.2, -0.15) is 0 Å². The summed E-state index contributed by atoms with van der Waals surface area (Å²) in [7, 11) is 0. The van der Waals surface area contributed by atoms with Gasteiger partial charge in [-0.05, 0) is 55.8 Å². The molecule has 11 nitrogen and oxygen atoms in total. The summed E-state index contributed by atoms with van der Waals surface area (Å²) in [4.78, 5) is 48.7. The predicted octanol–water partition coefficient (Wildman–Crippen LogP) is 2.13. The molecule has 0 bridgehead atoms. The molecule has 1 heterocycles. The molecule has 1 saturated heterocycles. The minimum Gasteiger partial charge on any atom is -0.865 e. The summed E-state index contributed by atoms with van der Waals surface area (Å²) < 4.78 is 10.5. The third kappa shape index (κ3) is 4.36. The number of imide groups is 2. The van der Waals surface area contributed by atoms with Gasteiger partial charge in [-0.3, -0.25) is 25.0 Å². The average Bonchev–Trinajstić information content (AvgIpc) is 2.74. The van der Waals surface area contributed by atoms with E-state index in [-0.39, 0.29) is 23.6 Å². The Morgan fingerprint density at radius 2 is 1.72 bits per heavy atom. The molecule has 0 radical (unpaired) electrons. The van der Waals surface area contributed by atoms with Crippen molar-refractivity contribution in [1.29, 1.82) is 0 Å². The zero-order chi connectivity index (χ0) is 23.4. The number of ether oxygens (including phenoxy) is 2. The molecule has 1 aliphatic heterocycles. The van der Waals surface area contributed by atoms with Crippen molar-refractivity contribution in [2.24, 2.45) is 0 Å². The number of barbiturate groups is 1. The highest BCUT2D eigenvalue weighted by atomic mass is 16.6. The molecule has 1 aliphatic rings. The van der Waals surface area contributed by atoms with E-state index in [2.05, 4.69) is 5.32 Å². The monoisotopic (exact) mass is 440 g/mol. The second kappa shape index (κ2) is 9.16. The lowest BCUT2D eigenvalue weighted by molar-refractivity contribution is -0.398. The zero-order valence-electron chi connectivity index (χ0n) is 17.1. The maximum Gasteiger partial charge on any atom is 0.335 e. The molecular formula is C21H18N3O8-. The number of rotatable bonds is 7. The number of hydrogen-bond acceptors (Lipinski definition) is 8. The van der Waals surface area contributed by atoms with Gasteiger partial charge in [0.2, 0.25) is 0 Å². The number of amides is 4. The average molecular weight is 440 g/mol. The van der Waals surface area contributed by atoms with Gasteiger partial charge in [0.15, 0.2) is 0 Å². The Labute approximate surface area is 182 Å². The smallest absolute Gasteiger partial charge is 0.335 e. The fourth-order valence-electron chi connectivity index (χ4n) is 3.01. The normalized spacial score (nSPS) is 15.0. The van der Waals surface area contributed by atoms with E-state index in [1.807, 2.05) is 0 Å². The Morgan fingerprint density at radius 1 is 1.06 bits per heavy atom. The minimum absolute atomic E-state index is 0.0132. The topological polar surface area (TPSA) is 151 Å². The number of hydrogen-bond donors (Lipinski definition) is 1. The van der Waals surface area contributed by atoms with E-state index in [0.717, 1.165) is 17.0 Å². The Hall–Kier alpha value is -4.41. The van der Waals surface area contributed by atoms with Crippen LogP contribution < -0.4 is 24.8 Å². The standard InChI is InChI=1S/C21H19N3O8/c1-3-31-14-7-5-13(6-8-14)23-20(27)15(19(26)22-21(23)28)9-12-10-16(24(29)30)18(25)17(11-12)32-4-2/h5-11,25H,3-4H2,1-2H3,(H,22,26,28)/p-1/b15-9+. The highest BCUT2D eigenvalue weighted by Gasteiger charge is 2.37. The quantitative estimate of drug-likeness (QED) is 0.298. The molecule has 1 fully saturated rings. The fourth-order valence-corrected chi connectivity index (χ4v) is 3.01. The first kappa shape index (κ1) is 22.3. The van der Waals surface area contributed by atoms with Gasteiger partial charge in [0.1, 0.15) is 17.1 Å². The van der Waals surface area contributed by atoms with E-state index in [4.69, 9.17) is 9.47 Å². The van der Waals surface area contributed by atoms with Crippen molar-refractivity contribution in [2.45, 2.75) is 13.8 Å². The molecule has 4 amide bonds. The summed E-state index contributed by atoms with van der Waals surface area (Å²) in [6.45, 7) is 3.90. The summed E-state index contributed by atoms with van der Waals surface area (Å²) >= 11 is 0. The van der Waals surface area contributed by atoms with E-state index < -0.39 is 39.8 Å². The summed E-state index contributed by atoms with van der Waals surface area (Å²) in [5.74, 6) is -2.61. The zero-order valence-corrected chi connectivity index (χ0v) is 17.1. The van der Waals surface area contributed by atoms with Crippen LogP contribution in [0.25, 0.3) is 6.08 Å². The molecule has 166 valence electrons. The minimum atomic E-state index is -0.978. The van der Waals surface area contributed by atoms with E-state index in [1.165, 1.54) is 18.2 Å². The first-order valence-corrected chi connectivity index (χ1v) is 9.53. The lowest BCUT2D eigenvalue weighted by Gasteiger charge is -2.26. The van der Waals surface area contributed by atoms with E-state index >= 15 is 0 Å². The number of nitrogens with one attached hydrogen (secondary N) is 1. The van der Waals surface area contributed by atoms with Crippen LogP contribution in [0.4, 0.5) is 16.2 Å². The number of carbonyl (C=O) groups is 3. The van der Waals surface area contributed by atoms with Gasteiger partial charge in [0, 0.05) is 11.8 Å². The Bertz CT molecular complexity index is 1120. The fraction of sp³-hybridized carbons (Fsp3) is 0.190. The maximum atomic E-state index is 13.0. The lowest BCUT2D eigenvalue weighted by atomic mass is 10.1. The molecule has 2 aromatic rings. The van der Waals surface area contributed by atoms with Crippen LogP contribution in [0.15, 0.2) is 42.0 Å². The van der Waals surface area contributed by atoms with Crippen molar-refractivity contribution in [3.63, 3.8) is 0 Å². The van der Waals surface area contributed by atoms with Crippen LogP contribution in [0.1, 0.15) is 19.4 Å². The van der Waals surface area contributed by atoms with Crippen molar-refractivity contribution in [2.75, 3.05) is 18.1 Å². The number of nitro groups is 1. The van der Waals surface area contributed by atoms with E-state index in [1.54, 1.807) is 26.0 Å². The van der Waals surface area contributed by atoms with Gasteiger partial charge >= 0.3 is 6.03 Å². The van der Waals surface area contributed by atoms with Crippen molar-refractivity contribution in [3.8, 4) is 17.2 Å². The SMILES string of the molecule is CCOc1ccc(N2C(=O)NC(=O)/C(=C\c3cc(OCC)c([O-])c([N+](=O)[O-])c3)C2=O)cc1. The number of nitrogens with zero attached hydrogens (tertiary/aromatic N) is 2. The Balaban J connectivity index is 2.03. The van der Waals surface area contributed by atoms with Crippen molar-refractivity contribution in [3.05, 3.63) is 57.6 Å². The number of urea groups is 1. The third-order valence-corrected chi connectivity index (χ3v) is 4.37. The molecule has 0 saturated carbocycles. The number of benzene rings is 2. The molecule has 0 atom stereocenters. The first-order valence-electron chi connectivity index (χ1n) is 9.53. The van der Waals surface area contributed by atoms with Crippen LogP contribution in [-0.2, 0) is 9.59 Å². The van der Waals surface area contributed by atoms with Gasteiger partial charge in [-0.25, -0.2) is 9.69 Å². The lowest BCUT2D eigenvalue weighted by Crippen LogP contribution is -2.54. The van der Waals surface area contributed by atoms with Crippen molar-refractivity contribution in [1.82, 2.24) is 5.32 Å². The van der Waals surface area contributed by atoms with E-state index in [9.17, 15) is 29.6 Å². The molecule has 0 unspecified atom stereocenters. The molecule has 3 rings (SSSR count). The summed E-state index contributed by atoms with van der Waals surface area (Å²) in [6, 6.07) is 7.23. The molecular weight excluding hydrogens is 422 g/mol. The Morgan fingerprint density at radius 3 is 2.31 bits per heavy atom. The van der Waals surface area contributed by atoms with Gasteiger partial charge in [-0.15, -0.1) is 0 Å². The molecule has 1 N–H and O–H groups in total. The molecule has 0 aromatic heterocycles. The van der Waals surface area contributed by atoms with Crippen LogP contribution >= 0.6 is 0 Å². The van der Waals surface area contributed by atoms with Gasteiger partial charge in [0.25, 0.3) is 17.5 Å². The van der Waals surface area contributed by atoms with Crippen molar-refractivity contribution < 1.29 is 33.9 Å². The summed E-state index contributed by atoms with van der Waals surface area (Å²) in [5, 5.41) is 25.4. The molecule has 0 aliphatic carbocycles. The van der Waals surface area contributed by atoms with Crippen molar-refractivity contribution >= 4 is 35.3 Å². The third-order valence-electron chi connectivity index (χ3n) is 4.37. The highest BCUT2D eigenvalue weighted by Crippen LogP contribution is 2.36. The molecule has 0 spiro atoms. The highest BCUT2D eigenvalue weighted by molar-refractivity contribution is 6.39. The van der Waals surface area contributed by atoms with E-state index in [0.29, 0.717) is 12.4 Å². The number of carbonyl (C=O) groups excluding carboxylic acids is 3. The first-order chi connectivity index (χ1) is 15.3. The Kier molecular flexibility index (Phi) is 6.38. The van der Waals surface area contributed by atoms with Gasteiger partial charge in [0.05, 0.1) is 23.8 Å². The van der Waals surface area contributed by atoms with Crippen LogP contribution in [0.2, 0.25) is 0 Å². The summed E-state index contributed by atoms with van der Waals surface area (Å²) in [5.41, 5.74) is -1.02. The summed E-state index contributed by atoms with van der Waals surface area (Å²) in [6.07, 6.45) is 1.06. The van der Waals surface area contributed by atoms with Crippen LogP contribution in [0, 0.1) is 10.1 Å². The molecule has 32 heavy (non-hydrogen) atoms.